The van der Waals surface area contributed by atoms with E-state index in [0.29, 0.717) is 6.42 Å². The number of fused-ring (bicyclic) bond motifs is 3. The fourth-order valence-electron chi connectivity index (χ4n) is 2.77. The fourth-order valence-corrected chi connectivity index (χ4v) is 2.77. The van der Waals surface area contributed by atoms with Crippen LogP contribution in [0.15, 0.2) is 42.5 Å². The molecular formula is C17H16O2. The van der Waals surface area contributed by atoms with Crippen LogP contribution in [-0.2, 0) is 17.6 Å². The zero-order chi connectivity index (χ0) is 13.2. The van der Waals surface area contributed by atoms with Crippen LogP contribution in [0.4, 0.5) is 0 Å². The van der Waals surface area contributed by atoms with E-state index in [0.717, 1.165) is 12.8 Å². The molecule has 0 heterocycles. The molecule has 3 rings (SSSR count). The second-order valence-corrected chi connectivity index (χ2v) is 5.07. The van der Waals surface area contributed by atoms with Crippen molar-refractivity contribution < 1.29 is 9.90 Å². The van der Waals surface area contributed by atoms with Crippen molar-refractivity contribution in [3.05, 3.63) is 59.2 Å². The fraction of sp³-hybridized carbons (Fsp3) is 0.235. The van der Waals surface area contributed by atoms with E-state index in [1.165, 1.54) is 27.8 Å². The third-order valence-electron chi connectivity index (χ3n) is 3.72. The van der Waals surface area contributed by atoms with Crippen LogP contribution in [-0.4, -0.2) is 11.1 Å². The van der Waals surface area contributed by atoms with Gasteiger partial charge in [-0.25, -0.2) is 0 Å². The first-order valence-corrected chi connectivity index (χ1v) is 6.66. The van der Waals surface area contributed by atoms with Crippen molar-refractivity contribution >= 4 is 5.97 Å². The Morgan fingerprint density at radius 1 is 1.05 bits per heavy atom. The summed E-state index contributed by atoms with van der Waals surface area (Å²) >= 11 is 0. The average Bonchev–Trinajstić information content (AvgIpc) is 2.76. The quantitative estimate of drug-likeness (QED) is 0.769. The normalized spacial score (nSPS) is 12.0. The van der Waals surface area contributed by atoms with Crippen LogP contribution in [0.25, 0.3) is 11.1 Å². The van der Waals surface area contributed by atoms with Crippen molar-refractivity contribution in [1.82, 2.24) is 0 Å². The topological polar surface area (TPSA) is 37.3 Å². The molecule has 19 heavy (non-hydrogen) atoms. The summed E-state index contributed by atoms with van der Waals surface area (Å²) in [6, 6.07) is 15.0. The van der Waals surface area contributed by atoms with Gasteiger partial charge in [-0.05, 0) is 47.1 Å². The van der Waals surface area contributed by atoms with Gasteiger partial charge in [-0.2, -0.15) is 0 Å². The molecule has 0 bridgehead atoms. The number of carboxylic acids is 1. The van der Waals surface area contributed by atoms with Gasteiger partial charge in [0.1, 0.15) is 0 Å². The molecule has 0 amide bonds. The van der Waals surface area contributed by atoms with Crippen LogP contribution < -0.4 is 0 Å². The molecule has 0 unspecified atom stereocenters. The molecule has 1 aliphatic rings. The number of carboxylic acid groups (broad SMARTS) is 1. The Balaban J connectivity index is 1.83. The summed E-state index contributed by atoms with van der Waals surface area (Å²) < 4.78 is 0. The van der Waals surface area contributed by atoms with Crippen molar-refractivity contribution in [3.8, 4) is 11.1 Å². The van der Waals surface area contributed by atoms with Gasteiger partial charge in [-0.15, -0.1) is 0 Å². The van der Waals surface area contributed by atoms with Crippen LogP contribution in [0.2, 0.25) is 0 Å². The van der Waals surface area contributed by atoms with Gasteiger partial charge in [0.15, 0.2) is 0 Å². The van der Waals surface area contributed by atoms with Crippen LogP contribution in [0.3, 0.4) is 0 Å². The van der Waals surface area contributed by atoms with Crippen molar-refractivity contribution in [1.29, 1.82) is 0 Å². The molecule has 0 saturated heterocycles. The van der Waals surface area contributed by atoms with Crippen molar-refractivity contribution in [2.75, 3.05) is 0 Å². The van der Waals surface area contributed by atoms with E-state index in [9.17, 15) is 4.79 Å². The number of aliphatic carboxylic acids is 1. The van der Waals surface area contributed by atoms with Gasteiger partial charge < -0.3 is 5.11 Å². The molecule has 0 aromatic heterocycles. The maximum Gasteiger partial charge on any atom is 0.303 e. The summed E-state index contributed by atoms with van der Waals surface area (Å²) in [5.74, 6) is -0.716. The van der Waals surface area contributed by atoms with Crippen LogP contribution in [0, 0.1) is 0 Å². The zero-order valence-electron chi connectivity index (χ0n) is 10.7. The molecule has 0 spiro atoms. The molecule has 2 aromatic carbocycles. The summed E-state index contributed by atoms with van der Waals surface area (Å²) in [6.45, 7) is 0. The smallest absolute Gasteiger partial charge is 0.303 e. The molecule has 2 heteroatoms. The number of hydrogen-bond acceptors (Lipinski definition) is 1. The second kappa shape index (κ2) is 4.88. The second-order valence-electron chi connectivity index (χ2n) is 5.07. The minimum atomic E-state index is -0.716. The van der Waals surface area contributed by atoms with E-state index in [4.69, 9.17) is 5.11 Å². The maximum atomic E-state index is 10.5. The summed E-state index contributed by atoms with van der Waals surface area (Å²) in [6.07, 6.45) is 2.80. The number of carbonyl (C=O) groups is 1. The number of hydrogen-bond donors (Lipinski definition) is 1. The van der Waals surface area contributed by atoms with Crippen molar-refractivity contribution in [2.24, 2.45) is 0 Å². The van der Waals surface area contributed by atoms with E-state index in [1.54, 1.807) is 0 Å². The lowest BCUT2D eigenvalue weighted by molar-refractivity contribution is -0.137. The Morgan fingerprint density at radius 3 is 2.68 bits per heavy atom. The minimum Gasteiger partial charge on any atom is -0.481 e. The Labute approximate surface area is 112 Å². The first-order valence-electron chi connectivity index (χ1n) is 6.66. The van der Waals surface area contributed by atoms with Gasteiger partial charge in [-0.1, -0.05) is 42.5 Å². The lowest BCUT2D eigenvalue weighted by Gasteiger charge is -2.05. The monoisotopic (exact) mass is 252 g/mol. The predicted octanol–water partition coefficient (Wildman–Crippen LogP) is 3.67. The van der Waals surface area contributed by atoms with Gasteiger partial charge in [0.2, 0.25) is 0 Å². The third-order valence-corrected chi connectivity index (χ3v) is 3.72. The average molecular weight is 252 g/mol. The van der Waals surface area contributed by atoms with E-state index in [1.807, 2.05) is 0 Å². The molecule has 0 fully saturated rings. The van der Waals surface area contributed by atoms with Gasteiger partial charge >= 0.3 is 5.97 Å². The highest BCUT2D eigenvalue weighted by molar-refractivity contribution is 5.77. The summed E-state index contributed by atoms with van der Waals surface area (Å²) in [5.41, 5.74) is 6.65. The largest absolute Gasteiger partial charge is 0.481 e. The number of aryl methyl sites for hydroxylation is 1. The number of rotatable bonds is 4. The van der Waals surface area contributed by atoms with E-state index in [2.05, 4.69) is 42.5 Å². The van der Waals surface area contributed by atoms with Gasteiger partial charge in [-0.3, -0.25) is 4.79 Å². The lowest BCUT2D eigenvalue weighted by atomic mass is 10.00. The first-order chi connectivity index (χ1) is 9.24. The van der Waals surface area contributed by atoms with Crippen molar-refractivity contribution in [3.63, 3.8) is 0 Å². The van der Waals surface area contributed by atoms with Gasteiger partial charge in [0.25, 0.3) is 0 Å². The van der Waals surface area contributed by atoms with Gasteiger partial charge in [0.05, 0.1) is 0 Å². The molecule has 96 valence electrons. The van der Waals surface area contributed by atoms with E-state index in [-0.39, 0.29) is 6.42 Å². The third kappa shape index (κ3) is 2.39. The summed E-state index contributed by atoms with van der Waals surface area (Å²) in [4.78, 5) is 10.5. The highest BCUT2D eigenvalue weighted by Crippen LogP contribution is 2.36. The lowest BCUT2D eigenvalue weighted by Crippen LogP contribution is -1.96. The van der Waals surface area contributed by atoms with Crippen LogP contribution in [0.5, 0.6) is 0 Å². The van der Waals surface area contributed by atoms with Crippen LogP contribution >= 0.6 is 0 Å². The Bertz CT molecular complexity index is 629. The first kappa shape index (κ1) is 12.0. The molecular weight excluding hydrogens is 236 g/mol. The molecule has 0 saturated carbocycles. The summed E-state index contributed by atoms with van der Waals surface area (Å²) in [7, 11) is 0. The molecule has 1 aliphatic carbocycles. The minimum absolute atomic E-state index is 0.244. The molecule has 0 atom stereocenters. The zero-order valence-corrected chi connectivity index (χ0v) is 10.7. The highest BCUT2D eigenvalue weighted by Gasteiger charge is 2.17. The summed E-state index contributed by atoms with van der Waals surface area (Å²) in [5, 5.41) is 8.68. The van der Waals surface area contributed by atoms with E-state index >= 15 is 0 Å². The molecule has 0 aliphatic heterocycles. The molecule has 0 radical (unpaired) electrons. The molecule has 2 nitrogen and oxygen atoms in total. The Kier molecular flexibility index (Phi) is 3.08. The maximum absolute atomic E-state index is 10.5. The van der Waals surface area contributed by atoms with Crippen LogP contribution in [0.1, 0.15) is 29.5 Å². The van der Waals surface area contributed by atoms with Crippen molar-refractivity contribution in [2.45, 2.75) is 25.7 Å². The SMILES string of the molecule is O=C(O)CCCc1ccc2c(c1)-c1ccccc1C2. The molecule has 1 N–H and O–H groups in total. The Morgan fingerprint density at radius 2 is 1.84 bits per heavy atom. The van der Waals surface area contributed by atoms with Gasteiger partial charge in [0, 0.05) is 6.42 Å². The highest BCUT2D eigenvalue weighted by atomic mass is 16.4. The van der Waals surface area contributed by atoms with E-state index < -0.39 is 5.97 Å². The number of benzene rings is 2. The standard InChI is InChI=1S/C17H16O2/c18-17(19)7-3-4-12-8-9-14-11-13-5-1-2-6-15(13)16(14)10-12/h1-2,5-6,8-10H,3-4,7,11H2,(H,18,19). The predicted molar refractivity (Wildman–Crippen MR) is 75.3 cm³/mol. The Hall–Kier alpha value is -2.09. The molecule has 2 aromatic rings.